The van der Waals surface area contributed by atoms with Crippen LogP contribution in [0.15, 0.2) is 48.5 Å². The fourth-order valence-electron chi connectivity index (χ4n) is 2.61. The molecule has 0 aliphatic carbocycles. The SMILES string of the molecule is CCc1ccc(CC(Cc2ccccc2OC)NC)cc1. The van der Waals surface area contributed by atoms with Gasteiger partial charge in [0.2, 0.25) is 0 Å². The second-order valence-corrected chi connectivity index (χ2v) is 5.38. The summed E-state index contributed by atoms with van der Waals surface area (Å²) in [5.74, 6) is 0.971. The molecular weight excluding hydrogens is 258 g/mol. The quantitative estimate of drug-likeness (QED) is 0.838. The smallest absolute Gasteiger partial charge is 0.122 e. The van der Waals surface area contributed by atoms with Crippen LogP contribution in [0.5, 0.6) is 5.75 Å². The van der Waals surface area contributed by atoms with Gasteiger partial charge >= 0.3 is 0 Å². The van der Waals surface area contributed by atoms with E-state index in [0.29, 0.717) is 6.04 Å². The molecule has 2 nitrogen and oxygen atoms in total. The number of nitrogens with one attached hydrogen (secondary N) is 1. The lowest BCUT2D eigenvalue weighted by Gasteiger charge is -2.18. The Labute approximate surface area is 128 Å². The van der Waals surface area contributed by atoms with Gasteiger partial charge in [-0.25, -0.2) is 0 Å². The molecule has 2 rings (SSSR count). The maximum Gasteiger partial charge on any atom is 0.122 e. The summed E-state index contributed by atoms with van der Waals surface area (Å²) in [4.78, 5) is 0. The van der Waals surface area contributed by atoms with E-state index < -0.39 is 0 Å². The molecule has 0 saturated carbocycles. The van der Waals surface area contributed by atoms with Crippen molar-refractivity contribution in [3.05, 3.63) is 65.2 Å². The first-order valence-electron chi connectivity index (χ1n) is 7.63. The van der Waals surface area contributed by atoms with Crippen molar-refractivity contribution in [1.29, 1.82) is 0 Å². The van der Waals surface area contributed by atoms with Crippen LogP contribution in [0.4, 0.5) is 0 Å². The van der Waals surface area contributed by atoms with Gasteiger partial charge in [-0.1, -0.05) is 49.4 Å². The first-order chi connectivity index (χ1) is 10.3. The molecule has 2 heteroatoms. The maximum absolute atomic E-state index is 5.44. The minimum Gasteiger partial charge on any atom is -0.496 e. The first kappa shape index (κ1) is 15.6. The van der Waals surface area contributed by atoms with Gasteiger partial charge < -0.3 is 10.1 Å². The molecule has 1 atom stereocenters. The Balaban J connectivity index is 2.05. The molecular formula is C19H25NO. The number of hydrogen-bond acceptors (Lipinski definition) is 2. The molecule has 21 heavy (non-hydrogen) atoms. The van der Waals surface area contributed by atoms with Gasteiger partial charge in [0, 0.05) is 6.04 Å². The zero-order valence-electron chi connectivity index (χ0n) is 13.2. The van der Waals surface area contributed by atoms with E-state index in [1.54, 1.807) is 7.11 Å². The zero-order chi connectivity index (χ0) is 15.1. The Kier molecular flexibility index (Phi) is 5.82. The van der Waals surface area contributed by atoms with Gasteiger partial charge in [-0.2, -0.15) is 0 Å². The number of para-hydroxylation sites is 1. The van der Waals surface area contributed by atoms with Crippen LogP contribution in [0, 0.1) is 0 Å². The fourth-order valence-corrected chi connectivity index (χ4v) is 2.61. The summed E-state index contributed by atoms with van der Waals surface area (Å²) >= 11 is 0. The van der Waals surface area contributed by atoms with E-state index in [1.807, 2.05) is 19.2 Å². The van der Waals surface area contributed by atoms with Gasteiger partial charge in [0.05, 0.1) is 7.11 Å². The van der Waals surface area contributed by atoms with Crippen molar-refractivity contribution in [2.24, 2.45) is 0 Å². The molecule has 0 spiro atoms. The average Bonchev–Trinajstić information content (AvgIpc) is 2.55. The van der Waals surface area contributed by atoms with E-state index >= 15 is 0 Å². The van der Waals surface area contributed by atoms with E-state index in [-0.39, 0.29) is 0 Å². The summed E-state index contributed by atoms with van der Waals surface area (Å²) in [5, 5.41) is 3.42. The second kappa shape index (κ2) is 7.84. The molecule has 0 radical (unpaired) electrons. The summed E-state index contributed by atoms with van der Waals surface area (Å²) in [6.45, 7) is 2.19. The molecule has 0 bridgehead atoms. The number of ether oxygens (including phenoxy) is 1. The predicted octanol–water partition coefficient (Wildman–Crippen LogP) is 3.63. The Morgan fingerprint density at radius 3 is 2.24 bits per heavy atom. The molecule has 112 valence electrons. The van der Waals surface area contributed by atoms with Crippen LogP contribution in [-0.4, -0.2) is 20.2 Å². The van der Waals surface area contributed by atoms with Crippen molar-refractivity contribution in [2.45, 2.75) is 32.2 Å². The molecule has 1 unspecified atom stereocenters. The Hall–Kier alpha value is -1.80. The minimum atomic E-state index is 0.411. The highest BCUT2D eigenvalue weighted by Crippen LogP contribution is 2.20. The Morgan fingerprint density at radius 2 is 1.62 bits per heavy atom. The van der Waals surface area contributed by atoms with Gasteiger partial charge in [-0.3, -0.25) is 0 Å². The van der Waals surface area contributed by atoms with Crippen LogP contribution < -0.4 is 10.1 Å². The number of aryl methyl sites for hydroxylation is 1. The average molecular weight is 283 g/mol. The second-order valence-electron chi connectivity index (χ2n) is 5.38. The molecule has 2 aromatic carbocycles. The highest BCUT2D eigenvalue weighted by Gasteiger charge is 2.11. The van der Waals surface area contributed by atoms with Crippen molar-refractivity contribution in [1.82, 2.24) is 5.32 Å². The van der Waals surface area contributed by atoms with Gasteiger partial charge in [0.15, 0.2) is 0 Å². The summed E-state index contributed by atoms with van der Waals surface area (Å²) in [5.41, 5.74) is 4.02. The normalized spacial score (nSPS) is 12.1. The standard InChI is InChI=1S/C19H25NO/c1-4-15-9-11-16(12-10-15)13-18(20-2)14-17-7-5-6-8-19(17)21-3/h5-12,18,20H,4,13-14H2,1-3H3. The lowest BCUT2D eigenvalue weighted by Crippen LogP contribution is -2.30. The fraction of sp³-hybridized carbons (Fsp3) is 0.368. The highest BCUT2D eigenvalue weighted by molar-refractivity contribution is 5.34. The minimum absolute atomic E-state index is 0.411. The largest absolute Gasteiger partial charge is 0.496 e. The van der Waals surface area contributed by atoms with E-state index in [1.165, 1.54) is 16.7 Å². The van der Waals surface area contributed by atoms with Gasteiger partial charge in [-0.15, -0.1) is 0 Å². The molecule has 0 fully saturated rings. The number of hydrogen-bond donors (Lipinski definition) is 1. The number of rotatable bonds is 7. The third-order valence-corrected chi connectivity index (χ3v) is 3.98. The molecule has 0 heterocycles. The lowest BCUT2D eigenvalue weighted by atomic mass is 9.97. The van der Waals surface area contributed by atoms with Crippen LogP contribution in [0.1, 0.15) is 23.6 Å². The van der Waals surface area contributed by atoms with E-state index in [4.69, 9.17) is 4.74 Å². The van der Waals surface area contributed by atoms with E-state index in [0.717, 1.165) is 25.0 Å². The Morgan fingerprint density at radius 1 is 0.952 bits per heavy atom. The number of benzene rings is 2. The highest BCUT2D eigenvalue weighted by atomic mass is 16.5. The molecule has 2 aromatic rings. The van der Waals surface area contributed by atoms with Crippen molar-refractivity contribution in [3.63, 3.8) is 0 Å². The van der Waals surface area contributed by atoms with Crippen molar-refractivity contribution in [3.8, 4) is 5.75 Å². The van der Waals surface area contributed by atoms with Gasteiger partial charge in [-0.05, 0) is 49.1 Å². The van der Waals surface area contributed by atoms with Crippen molar-refractivity contribution < 1.29 is 4.74 Å². The zero-order valence-corrected chi connectivity index (χ0v) is 13.2. The third kappa shape index (κ3) is 4.33. The monoisotopic (exact) mass is 283 g/mol. The molecule has 0 saturated heterocycles. The van der Waals surface area contributed by atoms with Crippen LogP contribution in [0.2, 0.25) is 0 Å². The summed E-state index contributed by atoms with van der Waals surface area (Å²) < 4.78 is 5.44. The van der Waals surface area contributed by atoms with Crippen LogP contribution in [-0.2, 0) is 19.3 Å². The molecule has 0 aliphatic rings. The predicted molar refractivity (Wildman–Crippen MR) is 89.1 cm³/mol. The van der Waals surface area contributed by atoms with Crippen molar-refractivity contribution >= 4 is 0 Å². The summed E-state index contributed by atoms with van der Waals surface area (Å²) in [6.07, 6.45) is 3.09. The van der Waals surface area contributed by atoms with Gasteiger partial charge in [0.25, 0.3) is 0 Å². The van der Waals surface area contributed by atoms with Crippen LogP contribution >= 0.6 is 0 Å². The maximum atomic E-state index is 5.44. The molecule has 0 amide bonds. The van der Waals surface area contributed by atoms with E-state index in [2.05, 4.69) is 48.6 Å². The number of methoxy groups -OCH3 is 1. The van der Waals surface area contributed by atoms with Gasteiger partial charge in [0.1, 0.15) is 5.75 Å². The van der Waals surface area contributed by atoms with Crippen LogP contribution in [0.25, 0.3) is 0 Å². The number of likely N-dealkylation sites (N-methyl/N-ethyl adjacent to an activating group) is 1. The Bertz CT molecular complexity index is 548. The van der Waals surface area contributed by atoms with E-state index in [9.17, 15) is 0 Å². The summed E-state index contributed by atoms with van der Waals surface area (Å²) in [6, 6.07) is 17.6. The first-order valence-corrected chi connectivity index (χ1v) is 7.63. The van der Waals surface area contributed by atoms with Crippen LogP contribution in [0.3, 0.4) is 0 Å². The third-order valence-electron chi connectivity index (χ3n) is 3.98. The molecule has 0 aromatic heterocycles. The topological polar surface area (TPSA) is 21.3 Å². The summed E-state index contributed by atoms with van der Waals surface area (Å²) in [7, 11) is 3.76. The molecule has 1 N–H and O–H groups in total. The molecule has 0 aliphatic heterocycles. The lowest BCUT2D eigenvalue weighted by molar-refractivity contribution is 0.406. The van der Waals surface area contributed by atoms with Crippen molar-refractivity contribution in [2.75, 3.05) is 14.2 Å².